The summed E-state index contributed by atoms with van der Waals surface area (Å²) < 4.78 is 6.17. The first kappa shape index (κ1) is 14.5. The van der Waals surface area contributed by atoms with Gasteiger partial charge in [0.1, 0.15) is 8.80 Å². The molecule has 110 valence electrons. The highest BCUT2D eigenvalue weighted by Crippen LogP contribution is 2.16. The Bertz CT molecular complexity index is 522. The average molecular weight is 296 g/mol. The van der Waals surface area contributed by atoms with Crippen LogP contribution in [0.4, 0.5) is 0 Å². The molecule has 3 rings (SSSR count). The molecule has 0 N–H and O–H groups in total. The van der Waals surface area contributed by atoms with Crippen LogP contribution in [0.3, 0.4) is 0 Å². The standard InChI is InChI=1S/C19H24OSi/c1-15-6-10-17(11-7-15)21(19-5-3-4-14-20-19)18-12-8-16(2)9-13-18/h6-13,19,21H,3-5,14H2,1-2H3. The summed E-state index contributed by atoms with van der Waals surface area (Å²) in [6, 6.07) is 18.3. The maximum Gasteiger partial charge on any atom is 0.134 e. The Morgan fingerprint density at radius 2 is 1.33 bits per heavy atom. The van der Waals surface area contributed by atoms with Gasteiger partial charge >= 0.3 is 0 Å². The zero-order chi connectivity index (χ0) is 14.7. The van der Waals surface area contributed by atoms with E-state index in [2.05, 4.69) is 62.4 Å². The maximum absolute atomic E-state index is 6.17. The van der Waals surface area contributed by atoms with Crippen LogP contribution in [0.25, 0.3) is 0 Å². The van der Waals surface area contributed by atoms with Crippen molar-refractivity contribution in [1.29, 1.82) is 0 Å². The van der Waals surface area contributed by atoms with Gasteiger partial charge < -0.3 is 4.74 Å². The largest absolute Gasteiger partial charge is 0.381 e. The van der Waals surface area contributed by atoms with Gasteiger partial charge in [0.25, 0.3) is 0 Å². The van der Waals surface area contributed by atoms with Gasteiger partial charge in [0.2, 0.25) is 0 Å². The Hall–Kier alpha value is -1.38. The number of rotatable bonds is 3. The van der Waals surface area contributed by atoms with E-state index in [0.717, 1.165) is 6.61 Å². The van der Waals surface area contributed by atoms with Crippen LogP contribution in [0.2, 0.25) is 0 Å². The van der Waals surface area contributed by atoms with Crippen molar-refractivity contribution in [3.8, 4) is 0 Å². The Balaban J connectivity index is 1.97. The monoisotopic (exact) mass is 296 g/mol. The zero-order valence-electron chi connectivity index (χ0n) is 13.0. The highest BCUT2D eigenvalue weighted by atomic mass is 28.3. The second kappa shape index (κ2) is 6.59. The van der Waals surface area contributed by atoms with Gasteiger partial charge in [-0.25, -0.2) is 0 Å². The Kier molecular flexibility index (Phi) is 4.56. The molecule has 2 aromatic rings. The molecule has 2 heteroatoms. The van der Waals surface area contributed by atoms with Crippen molar-refractivity contribution in [2.75, 3.05) is 6.61 Å². The van der Waals surface area contributed by atoms with Crippen LogP contribution in [-0.2, 0) is 4.74 Å². The van der Waals surface area contributed by atoms with Crippen LogP contribution in [-0.4, -0.2) is 21.1 Å². The molecule has 0 bridgehead atoms. The molecule has 21 heavy (non-hydrogen) atoms. The third-order valence-corrected chi connectivity index (χ3v) is 7.94. The van der Waals surface area contributed by atoms with Crippen molar-refractivity contribution in [2.24, 2.45) is 0 Å². The van der Waals surface area contributed by atoms with Gasteiger partial charge in [0, 0.05) is 6.61 Å². The Labute approximate surface area is 129 Å². The fourth-order valence-electron chi connectivity index (χ4n) is 3.20. The predicted octanol–water partition coefficient (Wildman–Crippen LogP) is 2.75. The molecular weight excluding hydrogens is 272 g/mol. The van der Waals surface area contributed by atoms with Gasteiger partial charge in [-0.2, -0.15) is 0 Å². The van der Waals surface area contributed by atoms with E-state index < -0.39 is 8.80 Å². The normalized spacial score (nSPS) is 18.9. The predicted molar refractivity (Wildman–Crippen MR) is 92.4 cm³/mol. The van der Waals surface area contributed by atoms with E-state index in [1.807, 2.05) is 0 Å². The van der Waals surface area contributed by atoms with E-state index in [1.165, 1.54) is 40.8 Å². The van der Waals surface area contributed by atoms with Crippen molar-refractivity contribution >= 4 is 19.2 Å². The van der Waals surface area contributed by atoms with E-state index in [0.29, 0.717) is 5.73 Å². The van der Waals surface area contributed by atoms with Crippen molar-refractivity contribution in [3.05, 3.63) is 59.7 Å². The van der Waals surface area contributed by atoms with Gasteiger partial charge in [-0.05, 0) is 33.1 Å². The molecule has 1 aliphatic heterocycles. The molecule has 1 aliphatic rings. The molecule has 1 fully saturated rings. The molecule has 0 amide bonds. The molecule has 1 atom stereocenters. The molecule has 1 nitrogen and oxygen atoms in total. The minimum absolute atomic E-state index is 0.448. The van der Waals surface area contributed by atoms with Gasteiger partial charge in [0.15, 0.2) is 0 Å². The summed E-state index contributed by atoms with van der Waals surface area (Å²) in [5.74, 6) is 0. The molecular formula is C19H24OSi. The first-order valence-electron chi connectivity index (χ1n) is 7.99. The minimum Gasteiger partial charge on any atom is -0.381 e. The maximum atomic E-state index is 6.17. The summed E-state index contributed by atoms with van der Waals surface area (Å²) in [5, 5.41) is 3.02. The molecule has 0 aliphatic carbocycles. The lowest BCUT2D eigenvalue weighted by atomic mass is 10.2. The Morgan fingerprint density at radius 1 is 0.810 bits per heavy atom. The summed E-state index contributed by atoms with van der Waals surface area (Å²) in [6.45, 7) is 5.25. The van der Waals surface area contributed by atoms with E-state index in [4.69, 9.17) is 4.74 Å². The second-order valence-corrected chi connectivity index (χ2v) is 9.24. The van der Waals surface area contributed by atoms with Crippen LogP contribution in [0.15, 0.2) is 48.5 Å². The van der Waals surface area contributed by atoms with E-state index in [1.54, 1.807) is 0 Å². The first-order valence-corrected chi connectivity index (χ1v) is 9.81. The molecule has 0 radical (unpaired) electrons. The quantitative estimate of drug-likeness (QED) is 0.792. The lowest BCUT2D eigenvalue weighted by molar-refractivity contribution is 0.0644. The van der Waals surface area contributed by atoms with E-state index >= 15 is 0 Å². The first-order chi connectivity index (χ1) is 10.2. The highest BCUT2D eigenvalue weighted by molar-refractivity contribution is 6.86. The number of benzene rings is 2. The average Bonchev–Trinajstić information content (AvgIpc) is 2.52. The third-order valence-electron chi connectivity index (χ3n) is 4.46. The second-order valence-electron chi connectivity index (χ2n) is 6.20. The van der Waals surface area contributed by atoms with E-state index in [-0.39, 0.29) is 0 Å². The fraction of sp³-hybridized carbons (Fsp3) is 0.368. The van der Waals surface area contributed by atoms with Crippen LogP contribution in [0.5, 0.6) is 0 Å². The van der Waals surface area contributed by atoms with Gasteiger partial charge in [-0.15, -0.1) is 0 Å². The lowest BCUT2D eigenvalue weighted by Crippen LogP contribution is -2.53. The van der Waals surface area contributed by atoms with Crippen molar-refractivity contribution in [3.63, 3.8) is 0 Å². The van der Waals surface area contributed by atoms with Crippen LogP contribution >= 0.6 is 0 Å². The summed E-state index contributed by atoms with van der Waals surface area (Å²) >= 11 is 0. The topological polar surface area (TPSA) is 9.23 Å². The van der Waals surface area contributed by atoms with Crippen LogP contribution < -0.4 is 10.4 Å². The number of ether oxygens (including phenoxy) is 1. The highest BCUT2D eigenvalue weighted by Gasteiger charge is 2.29. The molecule has 1 heterocycles. The molecule has 2 aromatic carbocycles. The van der Waals surface area contributed by atoms with Gasteiger partial charge in [-0.1, -0.05) is 70.0 Å². The number of hydrogen-bond acceptors (Lipinski definition) is 1. The summed E-state index contributed by atoms with van der Waals surface area (Å²) in [6.07, 6.45) is 3.75. The fourth-order valence-corrected chi connectivity index (χ4v) is 6.55. The Morgan fingerprint density at radius 3 is 1.76 bits per heavy atom. The van der Waals surface area contributed by atoms with Crippen molar-refractivity contribution in [1.82, 2.24) is 0 Å². The third kappa shape index (κ3) is 3.45. The summed E-state index contributed by atoms with van der Waals surface area (Å²) in [4.78, 5) is 0. The lowest BCUT2D eigenvalue weighted by Gasteiger charge is -2.30. The minimum atomic E-state index is -1.30. The van der Waals surface area contributed by atoms with Crippen LogP contribution in [0, 0.1) is 13.8 Å². The summed E-state index contributed by atoms with van der Waals surface area (Å²) in [7, 11) is -1.30. The van der Waals surface area contributed by atoms with Crippen LogP contribution in [0.1, 0.15) is 30.4 Å². The number of aryl methyl sites for hydroxylation is 2. The summed E-state index contributed by atoms with van der Waals surface area (Å²) in [5.41, 5.74) is 3.11. The molecule has 0 spiro atoms. The van der Waals surface area contributed by atoms with Crippen molar-refractivity contribution in [2.45, 2.75) is 38.8 Å². The zero-order valence-corrected chi connectivity index (χ0v) is 14.2. The molecule has 0 aromatic heterocycles. The molecule has 1 saturated heterocycles. The SMILES string of the molecule is Cc1ccc([SiH](c2ccc(C)cc2)C2CCCCO2)cc1. The smallest absolute Gasteiger partial charge is 0.134 e. The van der Waals surface area contributed by atoms with Gasteiger partial charge in [-0.3, -0.25) is 0 Å². The molecule has 0 saturated carbocycles. The van der Waals surface area contributed by atoms with Crippen molar-refractivity contribution < 1.29 is 4.74 Å². The van der Waals surface area contributed by atoms with E-state index in [9.17, 15) is 0 Å². The number of hydrogen-bond donors (Lipinski definition) is 0. The molecule has 1 unspecified atom stereocenters. The van der Waals surface area contributed by atoms with Gasteiger partial charge in [0.05, 0.1) is 5.73 Å².